The number of hydrogen-bond acceptors (Lipinski definition) is 2. The van der Waals surface area contributed by atoms with E-state index in [2.05, 4.69) is 0 Å². The van der Waals surface area contributed by atoms with Gasteiger partial charge in [-0.2, -0.15) is 0 Å². The number of aromatic nitrogens is 1. The summed E-state index contributed by atoms with van der Waals surface area (Å²) in [5.74, 6) is -0.384. The lowest BCUT2D eigenvalue weighted by Gasteiger charge is -2.34. The van der Waals surface area contributed by atoms with Gasteiger partial charge in [-0.25, -0.2) is 4.39 Å². The third-order valence-corrected chi connectivity index (χ3v) is 5.10. The van der Waals surface area contributed by atoms with E-state index in [1.807, 2.05) is 48.0 Å². The van der Waals surface area contributed by atoms with Crippen molar-refractivity contribution in [1.29, 1.82) is 0 Å². The first-order valence-corrected chi connectivity index (χ1v) is 8.78. The summed E-state index contributed by atoms with van der Waals surface area (Å²) in [5.41, 5.74) is 0.716. The highest BCUT2D eigenvalue weighted by Gasteiger charge is 2.41. The first-order valence-electron chi connectivity index (χ1n) is 8.78. The molecule has 2 N–H and O–H groups in total. The Morgan fingerprint density at radius 1 is 0.889 bits per heavy atom. The molecule has 0 amide bonds. The zero-order valence-electron chi connectivity index (χ0n) is 14.9. The quantitative estimate of drug-likeness (QED) is 0.570. The minimum absolute atomic E-state index is 0.384. The molecule has 0 saturated heterocycles. The molecule has 4 heteroatoms. The second-order valence-corrected chi connectivity index (χ2v) is 6.76. The average Bonchev–Trinajstić information content (AvgIpc) is 3.03. The van der Waals surface area contributed by atoms with E-state index in [0.717, 1.165) is 5.52 Å². The summed E-state index contributed by atoms with van der Waals surface area (Å²) >= 11 is 0. The lowest BCUT2D eigenvalue weighted by molar-refractivity contribution is -0.0511. The number of aliphatic hydroxyl groups excluding tert-OH is 1. The number of aryl methyl sites for hydroxylation is 1. The van der Waals surface area contributed by atoms with E-state index in [1.165, 1.54) is 12.1 Å². The van der Waals surface area contributed by atoms with E-state index >= 15 is 0 Å². The fourth-order valence-corrected chi connectivity index (χ4v) is 3.70. The first-order chi connectivity index (χ1) is 13.0. The largest absolute Gasteiger partial charge is 0.385 e. The number of nitrogens with zero attached hydrogens (tertiary/aromatic N) is 1. The smallest absolute Gasteiger partial charge is 0.145 e. The molecule has 0 aliphatic rings. The van der Waals surface area contributed by atoms with E-state index in [9.17, 15) is 14.6 Å². The van der Waals surface area contributed by atoms with Crippen LogP contribution in [0.4, 0.5) is 4.39 Å². The number of aliphatic hydroxyl groups is 2. The normalized spacial score (nSPS) is 13.0. The van der Waals surface area contributed by atoms with Crippen molar-refractivity contribution < 1.29 is 14.6 Å². The van der Waals surface area contributed by atoms with Crippen LogP contribution in [0.15, 0.2) is 85.1 Å². The van der Waals surface area contributed by atoms with Crippen molar-refractivity contribution in [3.05, 3.63) is 108 Å². The summed E-state index contributed by atoms with van der Waals surface area (Å²) in [6.45, 7) is 0. The molecule has 0 aliphatic carbocycles. The maximum atomic E-state index is 13.9. The standard InChI is InChI=1S/C23H20FNO2/c1-25-15-20(19-14-18(24)12-13-21(19)25)22(26)23(27,16-8-4-2-5-9-16)17-10-6-3-7-11-17/h2-15,22,26-27H,1H3. The topological polar surface area (TPSA) is 45.4 Å². The predicted molar refractivity (Wildman–Crippen MR) is 104 cm³/mol. The molecule has 4 rings (SSSR count). The van der Waals surface area contributed by atoms with E-state index in [4.69, 9.17) is 0 Å². The summed E-state index contributed by atoms with van der Waals surface area (Å²) in [4.78, 5) is 0. The second-order valence-electron chi connectivity index (χ2n) is 6.76. The molecule has 1 unspecified atom stereocenters. The molecule has 4 aromatic rings. The highest BCUT2D eigenvalue weighted by atomic mass is 19.1. The molecule has 1 heterocycles. The van der Waals surface area contributed by atoms with Crippen molar-refractivity contribution in [3.63, 3.8) is 0 Å². The summed E-state index contributed by atoms with van der Waals surface area (Å²) in [7, 11) is 1.83. The average molecular weight is 361 g/mol. The fraction of sp³-hybridized carbons (Fsp3) is 0.130. The molecule has 3 nitrogen and oxygen atoms in total. The van der Waals surface area contributed by atoms with Gasteiger partial charge in [0, 0.05) is 29.7 Å². The van der Waals surface area contributed by atoms with Crippen molar-refractivity contribution >= 4 is 10.9 Å². The van der Waals surface area contributed by atoms with Gasteiger partial charge < -0.3 is 14.8 Å². The van der Waals surface area contributed by atoms with Crippen molar-refractivity contribution in [3.8, 4) is 0 Å². The van der Waals surface area contributed by atoms with Crippen LogP contribution in [0.25, 0.3) is 10.9 Å². The van der Waals surface area contributed by atoms with Crippen LogP contribution in [-0.4, -0.2) is 14.8 Å². The molecule has 0 saturated carbocycles. The molecule has 0 bridgehead atoms. The SMILES string of the molecule is Cn1cc(C(O)C(O)(c2ccccc2)c2ccccc2)c2cc(F)ccc21. The molecule has 0 spiro atoms. The van der Waals surface area contributed by atoms with Gasteiger partial charge in [-0.05, 0) is 29.3 Å². The molecule has 136 valence electrons. The van der Waals surface area contributed by atoms with Gasteiger partial charge in [-0.3, -0.25) is 0 Å². The summed E-state index contributed by atoms with van der Waals surface area (Å²) < 4.78 is 15.7. The van der Waals surface area contributed by atoms with Gasteiger partial charge in [0.15, 0.2) is 0 Å². The highest BCUT2D eigenvalue weighted by molar-refractivity contribution is 5.84. The maximum Gasteiger partial charge on any atom is 0.145 e. The molecular formula is C23H20FNO2. The fourth-order valence-electron chi connectivity index (χ4n) is 3.70. The van der Waals surface area contributed by atoms with Crippen LogP contribution in [-0.2, 0) is 12.6 Å². The lowest BCUT2D eigenvalue weighted by Crippen LogP contribution is -2.35. The van der Waals surface area contributed by atoms with Gasteiger partial charge in [-0.15, -0.1) is 0 Å². The maximum absolute atomic E-state index is 13.9. The zero-order valence-corrected chi connectivity index (χ0v) is 14.9. The molecular weight excluding hydrogens is 341 g/mol. The van der Waals surface area contributed by atoms with Gasteiger partial charge in [-0.1, -0.05) is 60.7 Å². The monoisotopic (exact) mass is 361 g/mol. The van der Waals surface area contributed by atoms with Crippen LogP contribution in [0.3, 0.4) is 0 Å². The van der Waals surface area contributed by atoms with Gasteiger partial charge in [0.2, 0.25) is 0 Å². The minimum atomic E-state index is -1.68. The minimum Gasteiger partial charge on any atom is -0.385 e. The Morgan fingerprint density at radius 2 is 1.44 bits per heavy atom. The van der Waals surface area contributed by atoms with Crippen LogP contribution in [0.2, 0.25) is 0 Å². The summed E-state index contributed by atoms with van der Waals surface area (Å²) in [6, 6.07) is 22.6. The molecule has 1 aromatic heterocycles. The number of benzene rings is 3. The van der Waals surface area contributed by atoms with Gasteiger partial charge >= 0.3 is 0 Å². The first kappa shape index (κ1) is 17.5. The van der Waals surface area contributed by atoms with E-state index < -0.39 is 11.7 Å². The Kier molecular flexibility index (Phi) is 4.30. The zero-order chi connectivity index (χ0) is 19.0. The Balaban J connectivity index is 1.96. The summed E-state index contributed by atoms with van der Waals surface area (Å²) in [5, 5.41) is 23.7. The van der Waals surface area contributed by atoms with Gasteiger partial charge in [0.1, 0.15) is 17.5 Å². The lowest BCUT2D eigenvalue weighted by atomic mass is 9.79. The third-order valence-electron chi connectivity index (χ3n) is 5.10. The van der Waals surface area contributed by atoms with E-state index in [0.29, 0.717) is 22.1 Å². The van der Waals surface area contributed by atoms with Crippen molar-refractivity contribution in [1.82, 2.24) is 4.57 Å². The number of rotatable bonds is 4. The van der Waals surface area contributed by atoms with E-state index in [-0.39, 0.29) is 5.82 Å². The van der Waals surface area contributed by atoms with Crippen molar-refractivity contribution in [2.75, 3.05) is 0 Å². The molecule has 0 radical (unpaired) electrons. The number of halogens is 1. The Hall–Kier alpha value is -2.95. The van der Waals surface area contributed by atoms with E-state index in [1.54, 1.807) is 36.5 Å². The molecule has 0 aliphatic heterocycles. The molecule has 27 heavy (non-hydrogen) atoms. The van der Waals surface area contributed by atoms with Crippen molar-refractivity contribution in [2.24, 2.45) is 7.05 Å². The van der Waals surface area contributed by atoms with Crippen LogP contribution in [0.5, 0.6) is 0 Å². The second kappa shape index (κ2) is 6.65. The Labute approximate surface area is 156 Å². The van der Waals surface area contributed by atoms with Crippen LogP contribution in [0, 0.1) is 5.82 Å². The highest BCUT2D eigenvalue weighted by Crippen LogP contribution is 2.43. The van der Waals surface area contributed by atoms with Crippen molar-refractivity contribution in [2.45, 2.75) is 11.7 Å². The van der Waals surface area contributed by atoms with Gasteiger partial charge in [0.05, 0.1) is 0 Å². The van der Waals surface area contributed by atoms with Gasteiger partial charge in [0.25, 0.3) is 0 Å². The Morgan fingerprint density at radius 3 is 2.00 bits per heavy atom. The number of fused-ring (bicyclic) bond motifs is 1. The molecule has 0 fully saturated rings. The predicted octanol–water partition coefficient (Wildman–Crippen LogP) is 4.29. The molecule has 3 aromatic carbocycles. The Bertz CT molecular complexity index is 1030. The molecule has 1 atom stereocenters. The number of hydrogen-bond donors (Lipinski definition) is 2. The third kappa shape index (κ3) is 2.83. The van der Waals surface area contributed by atoms with Crippen LogP contribution < -0.4 is 0 Å². The summed E-state index contributed by atoms with van der Waals surface area (Å²) in [6.07, 6.45) is 0.457. The van der Waals surface area contributed by atoms with Crippen LogP contribution >= 0.6 is 0 Å². The van der Waals surface area contributed by atoms with Crippen LogP contribution in [0.1, 0.15) is 22.8 Å².